The summed E-state index contributed by atoms with van der Waals surface area (Å²) in [6, 6.07) is 0. The number of imidazole rings is 1. The van der Waals surface area contributed by atoms with Crippen molar-refractivity contribution in [2.75, 3.05) is 18.9 Å². The molecule has 2 aromatic rings. The van der Waals surface area contributed by atoms with E-state index in [0.717, 1.165) is 12.8 Å². The smallest absolute Gasteiger partial charge is 0.305 e. The van der Waals surface area contributed by atoms with Crippen LogP contribution in [0, 0.1) is 5.92 Å². The first-order valence-corrected chi connectivity index (χ1v) is 14.5. The summed E-state index contributed by atoms with van der Waals surface area (Å²) in [7, 11) is 0. The zero-order chi connectivity index (χ0) is 26.7. The zero-order valence-corrected chi connectivity index (χ0v) is 22.9. The van der Waals surface area contributed by atoms with Crippen LogP contribution in [0.4, 0.5) is 5.95 Å². The Morgan fingerprint density at radius 1 is 1.00 bits per heavy atom. The molecule has 4 N–H and O–H groups in total. The summed E-state index contributed by atoms with van der Waals surface area (Å²) in [5, 5.41) is 9.72. The van der Waals surface area contributed by atoms with E-state index >= 15 is 0 Å². The van der Waals surface area contributed by atoms with Crippen LogP contribution < -0.4 is 11.3 Å². The Bertz CT molecular complexity index is 942. The van der Waals surface area contributed by atoms with Gasteiger partial charge in [-0.25, -0.2) is 4.98 Å². The van der Waals surface area contributed by atoms with E-state index in [9.17, 15) is 14.7 Å². The number of nitrogens with two attached hydrogens (primary N) is 1. The molecule has 37 heavy (non-hydrogen) atoms. The van der Waals surface area contributed by atoms with E-state index < -0.39 is 0 Å². The molecule has 0 fully saturated rings. The second-order valence-corrected chi connectivity index (χ2v) is 10.2. The van der Waals surface area contributed by atoms with E-state index in [1.807, 2.05) is 0 Å². The number of unbranched alkanes of at least 4 members (excludes halogenated alkanes) is 14. The van der Waals surface area contributed by atoms with Crippen molar-refractivity contribution >= 4 is 23.1 Å². The summed E-state index contributed by atoms with van der Waals surface area (Å²) < 4.78 is 6.67. The van der Waals surface area contributed by atoms with E-state index in [0.29, 0.717) is 12.8 Å². The Kier molecular flexibility index (Phi) is 15.6. The summed E-state index contributed by atoms with van der Waals surface area (Å²) in [6.07, 6.45) is 21.6. The molecule has 2 aromatic heterocycles. The van der Waals surface area contributed by atoms with Crippen molar-refractivity contribution in [2.45, 2.75) is 123 Å². The third-order valence-corrected chi connectivity index (χ3v) is 7.05. The van der Waals surface area contributed by atoms with Crippen molar-refractivity contribution in [2.24, 2.45) is 5.92 Å². The van der Waals surface area contributed by atoms with Crippen molar-refractivity contribution in [3.8, 4) is 0 Å². The fraction of sp³-hybridized carbons (Fsp3) is 0.786. The van der Waals surface area contributed by atoms with Crippen LogP contribution in [0.5, 0.6) is 0 Å². The number of carbonyl (C=O) groups is 1. The van der Waals surface area contributed by atoms with Crippen LogP contribution in [0.2, 0.25) is 0 Å². The first-order chi connectivity index (χ1) is 18.1. The molecule has 0 aromatic carbocycles. The maximum atomic E-state index is 12.6. The largest absolute Gasteiger partial charge is 0.466 e. The van der Waals surface area contributed by atoms with Gasteiger partial charge in [-0.15, -0.1) is 0 Å². The van der Waals surface area contributed by atoms with Gasteiger partial charge >= 0.3 is 5.97 Å². The molecule has 1 atom stereocenters. The van der Waals surface area contributed by atoms with Crippen LogP contribution >= 0.6 is 0 Å². The van der Waals surface area contributed by atoms with E-state index in [1.165, 1.54) is 94.4 Å². The van der Waals surface area contributed by atoms with Gasteiger partial charge in [-0.05, 0) is 12.8 Å². The number of ether oxygens (including phenoxy) is 1. The number of nitrogen functional groups attached to an aromatic ring is 1. The lowest BCUT2D eigenvalue weighted by Gasteiger charge is -2.17. The molecule has 0 aliphatic carbocycles. The number of aromatic nitrogens is 4. The van der Waals surface area contributed by atoms with Gasteiger partial charge in [-0.2, -0.15) is 4.98 Å². The highest BCUT2D eigenvalue weighted by molar-refractivity contribution is 5.70. The minimum Gasteiger partial charge on any atom is -0.466 e. The minimum absolute atomic E-state index is 0.0493. The molecular formula is C28H49N5O4. The maximum absolute atomic E-state index is 12.6. The molecule has 2 heterocycles. The number of hydrogen-bond donors (Lipinski definition) is 3. The van der Waals surface area contributed by atoms with Crippen LogP contribution in [-0.2, 0) is 16.1 Å². The molecule has 0 saturated carbocycles. The molecule has 0 radical (unpaired) electrons. The summed E-state index contributed by atoms with van der Waals surface area (Å²) in [4.78, 5) is 35.4. The topological polar surface area (TPSA) is 136 Å². The molecule has 0 saturated heterocycles. The van der Waals surface area contributed by atoms with Crippen molar-refractivity contribution in [1.29, 1.82) is 0 Å². The number of aliphatic hydroxyl groups is 1. The molecule has 0 aliphatic heterocycles. The molecule has 0 spiro atoms. The Labute approximate surface area is 221 Å². The average molecular weight is 520 g/mol. The van der Waals surface area contributed by atoms with Crippen molar-refractivity contribution in [3.05, 3.63) is 16.7 Å². The molecule has 1 unspecified atom stereocenters. The number of fused-ring (bicyclic) bond motifs is 1. The van der Waals surface area contributed by atoms with Crippen LogP contribution in [0.1, 0.15) is 116 Å². The quantitative estimate of drug-likeness (QED) is 0.138. The van der Waals surface area contributed by atoms with Gasteiger partial charge in [0, 0.05) is 25.5 Å². The number of nitrogens with one attached hydrogen (secondary N) is 1. The number of H-pyrrole nitrogens is 1. The van der Waals surface area contributed by atoms with Gasteiger partial charge < -0.3 is 20.6 Å². The number of carbonyl (C=O) groups excluding carboxylic acids is 1. The molecule has 9 heteroatoms. The normalized spacial score (nSPS) is 12.3. The zero-order valence-electron chi connectivity index (χ0n) is 22.9. The van der Waals surface area contributed by atoms with Gasteiger partial charge in [0.1, 0.15) is 0 Å². The number of nitrogens with zero attached hydrogens (tertiary/aromatic N) is 3. The number of hydrogen-bond acceptors (Lipinski definition) is 7. The minimum atomic E-state index is -0.330. The fourth-order valence-electron chi connectivity index (χ4n) is 4.66. The molecule has 2 rings (SSSR count). The first-order valence-electron chi connectivity index (χ1n) is 14.5. The molecule has 0 bridgehead atoms. The molecule has 0 aliphatic rings. The Morgan fingerprint density at radius 3 is 2.14 bits per heavy atom. The lowest BCUT2D eigenvalue weighted by atomic mass is 10.0. The van der Waals surface area contributed by atoms with Crippen molar-refractivity contribution in [1.82, 2.24) is 19.5 Å². The van der Waals surface area contributed by atoms with Crippen LogP contribution in [0.3, 0.4) is 0 Å². The number of aromatic amines is 1. The number of anilines is 1. The van der Waals surface area contributed by atoms with E-state index in [1.54, 1.807) is 0 Å². The van der Waals surface area contributed by atoms with Crippen LogP contribution in [0.15, 0.2) is 11.1 Å². The maximum Gasteiger partial charge on any atom is 0.305 e. The summed E-state index contributed by atoms with van der Waals surface area (Å²) in [5.41, 5.74) is 6.12. The highest BCUT2D eigenvalue weighted by Gasteiger charge is 2.16. The third-order valence-electron chi connectivity index (χ3n) is 7.05. The third kappa shape index (κ3) is 12.1. The number of rotatable bonds is 22. The monoisotopic (exact) mass is 519 g/mol. The highest BCUT2D eigenvalue weighted by Crippen LogP contribution is 2.14. The van der Waals surface area contributed by atoms with Crippen molar-refractivity contribution < 1.29 is 14.6 Å². The Hall–Kier alpha value is -2.42. The second kappa shape index (κ2) is 18.8. The van der Waals surface area contributed by atoms with Gasteiger partial charge in [0.15, 0.2) is 11.2 Å². The van der Waals surface area contributed by atoms with Crippen LogP contribution in [-0.4, -0.2) is 43.8 Å². The lowest BCUT2D eigenvalue weighted by Crippen LogP contribution is -2.29. The molecule has 0 amide bonds. The van der Waals surface area contributed by atoms with Crippen LogP contribution in [0.25, 0.3) is 11.2 Å². The number of aliphatic hydroxyl groups excluding tert-OH is 1. The van der Waals surface area contributed by atoms with Gasteiger partial charge in [-0.1, -0.05) is 96.8 Å². The summed E-state index contributed by atoms with van der Waals surface area (Å²) >= 11 is 0. The predicted octanol–water partition coefficient (Wildman–Crippen LogP) is 5.51. The van der Waals surface area contributed by atoms with Gasteiger partial charge in [0.05, 0.1) is 12.9 Å². The Morgan fingerprint density at radius 2 is 1.57 bits per heavy atom. The SMILES string of the molecule is CCCCCCCCCCCCCCCCCC(=O)OCCC(CO)Cn1c(N)nc2nc[nH]c2c1=O. The lowest BCUT2D eigenvalue weighted by molar-refractivity contribution is -0.144. The molecule has 9 nitrogen and oxygen atoms in total. The first kappa shape index (κ1) is 30.8. The number of esters is 1. The summed E-state index contributed by atoms with van der Waals surface area (Å²) in [6.45, 7) is 2.51. The summed E-state index contributed by atoms with van der Waals surface area (Å²) in [5.74, 6) is -0.433. The molecule has 210 valence electrons. The Balaban J connectivity index is 1.46. The van der Waals surface area contributed by atoms with Gasteiger partial charge in [-0.3, -0.25) is 14.2 Å². The van der Waals surface area contributed by atoms with E-state index in [2.05, 4.69) is 21.9 Å². The van der Waals surface area contributed by atoms with Gasteiger partial charge in [0.25, 0.3) is 5.56 Å². The average Bonchev–Trinajstić information content (AvgIpc) is 3.36. The van der Waals surface area contributed by atoms with Gasteiger partial charge in [0.2, 0.25) is 5.95 Å². The highest BCUT2D eigenvalue weighted by atomic mass is 16.5. The molecular weight excluding hydrogens is 470 g/mol. The second-order valence-electron chi connectivity index (χ2n) is 10.2. The van der Waals surface area contributed by atoms with Crippen molar-refractivity contribution in [3.63, 3.8) is 0 Å². The standard InChI is InChI=1S/C28H49N5O4/c1-2-3-4-5-6-7-8-9-10-11-12-13-14-15-16-17-24(35)37-19-18-23(21-34)20-33-27(36)25-26(31-22-30-25)32-28(33)29/h22-23,34H,2-21H2,1H3,(H2,29,32)(H,30,31). The predicted molar refractivity (Wildman–Crippen MR) is 148 cm³/mol. The van der Waals surface area contributed by atoms with E-state index in [4.69, 9.17) is 10.5 Å². The van der Waals surface area contributed by atoms with E-state index in [-0.39, 0.29) is 54.3 Å². The fourth-order valence-corrected chi connectivity index (χ4v) is 4.66.